The van der Waals surface area contributed by atoms with Gasteiger partial charge in [0.15, 0.2) is 0 Å². The summed E-state index contributed by atoms with van der Waals surface area (Å²) in [6, 6.07) is 11.9. The Kier molecular flexibility index (Phi) is 5.47. The Morgan fingerprint density at radius 2 is 2.00 bits per heavy atom. The molecule has 0 saturated carbocycles. The van der Waals surface area contributed by atoms with Gasteiger partial charge in [-0.3, -0.25) is 4.79 Å². The largest absolute Gasteiger partial charge is 0.343 e. The number of nitrogens with zero attached hydrogens (tertiary/aromatic N) is 2. The van der Waals surface area contributed by atoms with E-state index in [0.717, 1.165) is 22.6 Å². The van der Waals surface area contributed by atoms with E-state index in [2.05, 4.69) is 45.9 Å². The maximum atomic E-state index is 12.2. The van der Waals surface area contributed by atoms with Crippen molar-refractivity contribution in [1.82, 2.24) is 15.3 Å². The number of nitrogens with one attached hydrogen (secondary N) is 2. The highest BCUT2D eigenvalue weighted by molar-refractivity contribution is 7.97. The summed E-state index contributed by atoms with van der Waals surface area (Å²) in [5.41, 5.74) is 6.14. The topological polar surface area (TPSA) is 66.9 Å². The van der Waals surface area contributed by atoms with Gasteiger partial charge in [-0.15, -0.1) is 0 Å². The molecule has 30 heavy (non-hydrogen) atoms. The molecule has 0 spiro atoms. The minimum absolute atomic E-state index is 0.0573. The Labute approximate surface area is 185 Å². The van der Waals surface area contributed by atoms with Crippen molar-refractivity contribution >= 4 is 40.9 Å². The van der Waals surface area contributed by atoms with Crippen molar-refractivity contribution in [3.8, 4) is 11.3 Å². The van der Waals surface area contributed by atoms with Crippen LogP contribution in [0.3, 0.4) is 0 Å². The van der Waals surface area contributed by atoms with Crippen LogP contribution in [-0.4, -0.2) is 22.1 Å². The van der Waals surface area contributed by atoms with Crippen LogP contribution >= 0.6 is 23.4 Å². The van der Waals surface area contributed by atoms with E-state index in [-0.39, 0.29) is 5.91 Å². The molecule has 1 amide bonds. The Balaban J connectivity index is 1.69. The summed E-state index contributed by atoms with van der Waals surface area (Å²) < 4.78 is 0. The summed E-state index contributed by atoms with van der Waals surface area (Å²) in [5, 5.41) is 6.74. The fourth-order valence-corrected chi connectivity index (χ4v) is 4.47. The molecular formula is C23H23ClN4OS. The maximum Gasteiger partial charge on any atom is 0.252 e. The highest BCUT2D eigenvalue weighted by Gasteiger charge is 2.35. The molecule has 2 N–H and O–H groups in total. The van der Waals surface area contributed by atoms with Gasteiger partial charge in [0.05, 0.1) is 22.5 Å². The molecule has 0 unspecified atom stereocenters. The zero-order valence-electron chi connectivity index (χ0n) is 17.3. The van der Waals surface area contributed by atoms with Crippen molar-refractivity contribution in [2.24, 2.45) is 0 Å². The number of fused-ring (bicyclic) bond motifs is 1. The van der Waals surface area contributed by atoms with E-state index in [1.165, 1.54) is 11.1 Å². The molecule has 0 fully saturated rings. The molecule has 1 aliphatic rings. The first-order chi connectivity index (χ1) is 14.3. The van der Waals surface area contributed by atoms with Crippen LogP contribution in [0.15, 0.2) is 42.6 Å². The predicted octanol–water partition coefficient (Wildman–Crippen LogP) is 5.69. The summed E-state index contributed by atoms with van der Waals surface area (Å²) in [6.07, 6.45) is 3.69. The second-order valence-electron chi connectivity index (χ2n) is 7.93. The number of hydrogen-bond acceptors (Lipinski definition) is 5. The fraction of sp³-hybridized carbons (Fsp3) is 0.261. The molecular weight excluding hydrogens is 416 g/mol. The summed E-state index contributed by atoms with van der Waals surface area (Å²) >= 11 is 8.22. The second-order valence-corrected chi connectivity index (χ2v) is 9.20. The van der Waals surface area contributed by atoms with Gasteiger partial charge in [0, 0.05) is 22.6 Å². The Morgan fingerprint density at radius 3 is 2.77 bits per heavy atom. The minimum Gasteiger partial charge on any atom is -0.343 e. The highest BCUT2D eigenvalue weighted by Crippen LogP contribution is 2.35. The van der Waals surface area contributed by atoms with Gasteiger partial charge < -0.3 is 10.6 Å². The van der Waals surface area contributed by atoms with Crippen LogP contribution < -0.4 is 10.6 Å². The number of benzene rings is 2. The number of amides is 1. The number of anilines is 2. The Bertz CT molecular complexity index is 1150. The minimum atomic E-state index is -0.432. The average Bonchev–Trinajstić information content (AvgIpc) is 2.94. The number of carbonyl (C=O) groups excluding carboxylic acids is 1. The SMILES string of the molecule is CSCc1cc(Nc2ncc(Cl)c(-c3ccc4c(c3)C(C)(C)NC4=O)n2)ccc1C. The summed E-state index contributed by atoms with van der Waals surface area (Å²) in [7, 11) is 0. The molecule has 7 heteroatoms. The fourth-order valence-electron chi connectivity index (χ4n) is 3.64. The third-order valence-electron chi connectivity index (χ3n) is 5.29. The van der Waals surface area contributed by atoms with Crippen LogP contribution in [0.5, 0.6) is 0 Å². The molecule has 154 valence electrons. The molecule has 0 atom stereocenters. The van der Waals surface area contributed by atoms with Gasteiger partial charge >= 0.3 is 0 Å². The zero-order chi connectivity index (χ0) is 21.5. The van der Waals surface area contributed by atoms with E-state index in [0.29, 0.717) is 22.2 Å². The number of aromatic nitrogens is 2. The number of aryl methyl sites for hydroxylation is 1. The average molecular weight is 439 g/mol. The Hall–Kier alpha value is -2.57. The number of hydrogen-bond donors (Lipinski definition) is 2. The van der Waals surface area contributed by atoms with Gasteiger partial charge in [0.25, 0.3) is 5.91 Å². The van der Waals surface area contributed by atoms with Crippen molar-refractivity contribution in [2.75, 3.05) is 11.6 Å². The molecule has 0 radical (unpaired) electrons. The number of rotatable bonds is 5. The lowest BCUT2D eigenvalue weighted by molar-refractivity contribution is 0.0940. The van der Waals surface area contributed by atoms with Gasteiger partial charge in [-0.05, 0) is 68.0 Å². The lowest BCUT2D eigenvalue weighted by Crippen LogP contribution is -2.32. The normalized spacial score (nSPS) is 14.4. The van der Waals surface area contributed by atoms with Gasteiger partial charge in [-0.1, -0.05) is 23.7 Å². The molecule has 2 aromatic carbocycles. The van der Waals surface area contributed by atoms with E-state index in [4.69, 9.17) is 11.6 Å². The monoisotopic (exact) mass is 438 g/mol. The number of carbonyl (C=O) groups is 1. The summed E-state index contributed by atoms with van der Waals surface area (Å²) in [4.78, 5) is 21.2. The number of halogens is 1. The van der Waals surface area contributed by atoms with Crippen molar-refractivity contribution in [1.29, 1.82) is 0 Å². The van der Waals surface area contributed by atoms with Crippen LogP contribution in [-0.2, 0) is 11.3 Å². The van der Waals surface area contributed by atoms with Crippen molar-refractivity contribution in [3.63, 3.8) is 0 Å². The molecule has 2 heterocycles. The van der Waals surface area contributed by atoms with Crippen LogP contribution in [0.2, 0.25) is 5.02 Å². The van der Waals surface area contributed by atoms with E-state index in [1.54, 1.807) is 18.0 Å². The summed E-state index contributed by atoms with van der Waals surface area (Å²) in [6.45, 7) is 6.08. The smallest absolute Gasteiger partial charge is 0.252 e. The first-order valence-electron chi connectivity index (χ1n) is 9.64. The molecule has 1 aliphatic heterocycles. The van der Waals surface area contributed by atoms with Gasteiger partial charge in [0.2, 0.25) is 5.95 Å². The lowest BCUT2D eigenvalue weighted by Gasteiger charge is -2.19. The van der Waals surface area contributed by atoms with Crippen molar-refractivity contribution in [3.05, 3.63) is 69.9 Å². The predicted molar refractivity (Wildman–Crippen MR) is 125 cm³/mol. The van der Waals surface area contributed by atoms with Crippen LogP contribution in [0.1, 0.15) is 40.9 Å². The first kappa shape index (κ1) is 20.7. The maximum absolute atomic E-state index is 12.2. The standard InChI is InChI=1S/C23H23ClN4OS/c1-13-5-7-16(9-15(13)12-30-4)26-22-25-11-19(24)20(27-22)14-6-8-17-18(10-14)23(2,3)28-21(17)29/h5-11H,12H2,1-4H3,(H,28,29)(H,25,26,27). The lowest BCUT2D eigenvalue weighted by atomic mass is 9.92. The molecule has 0 aliphatic carbocycles. The van der Waals surface area contributed by atoms with Crippen LogP contribution in [0.25, 0.3) is 11.3 Å². The number of thioether (sulfide) groups is 1. The zero-order valence-corrected chi connectivity index (χ0v) is 18.9. The van der Waals surface area contributed by atoms with Crippen LogP contribution in [0, 0.1) is 6.92 Å². The van der Waals surface area contributed by atoms with Crippen molar-refractivity contribution in [2.45, 2.75) is 32.1 Å². The van der Waals surface area contributed by atoms with E-state index < -0.39 is 5.54 Å². The third-order valence-corrected chi connectivity index (χ3v) is 6.16. The highest BCUT2D eigenvalue weighted by atomic mass is 35.5. The molecule has 0 bridgehead atoms. The van der Waals surface area contributed by atoms with Crippen molar-refractivity contribution < 1.29 is 4.79 Å². The van der Waals surface area contributed by atoms with Gasteiger partial charge in [-0.25, -0.2) is 9.97 Å². The van der Waals surface area contributed by atoms with Gasteiger partial charge in [0.1, 0.15) is 0 Å². The van der Waals surface area contributed by atoms with E-state index in [1.807, 2.05) is 38.1 Å². The second kappa shape index (κ2) is 7.93. The van der Waals surface area contributed by atoms with Gasteiger partial charge in [-0.2, -0.15) is 11.8 Å². The molecule has 0 saturated heterocycles. The molecule has 4 rings (SSSR count). The van der Waals surface area contributed by atoms with Crippen LogP contribution in [0.4, 0.5) is 11.6 Å². The van der Waals surface area contributed by atoms with E-state index in [9.17, 15) is 4.79 Å². The summed E-state index contributed by atoms with van der Waals surface area (Å²) in [5.74, 6) is 1.37. The first-order valence-corrected chi connectivity index (χ1v) is 11.4. The molecule has 3 aromatic rings. The quantitative estimate of drug-likeness (QED) is 0.535. The van der Waals surface area contributed by atoms with E-state index >= 15 is 0 Å². The molecule has 5 nitrogen and oxygen atoms in total. The third kappa shape index (κ3) is 3.89. The Morgan fingerprint density at radius 1 is 1.20 bits per heavy atom. The molecule has 1 aromatic heterocycles.